The van der Waals surface area contributed by atoms with Crippen LogP contribution in [0.25, 0.3) is 0 Å². The lowest BCUT2D eigenvalue weighted by molar-refractivity contribution is 0.0781. The molecule has 0 aliphatic heterocycles. The summed E-state index contributed by atoms with van der Waals surface area (Å²) in [5.74, 6) is 0.333. The van der Waals surface area contributed by atoms with Crippen LogP contribution in [-0.4, -0.2) is 27.8 Å². The van der Waals surface area contributed by atoms with Crippen LogP contribution in [-0.2, 0) is 20.4 Å². The van der Waals surface area contributed by atoms with Crippen LogP contribution in [0.3, 0.4) is 0 Å². The van der Waals surface area contributed by atoms with Gasteiger partial charge >= 0.3 is 7.82 Å². The molecule has 0 fully saturated rings. The molecule has 0 heterocycles. The first-order valence-electron chi connectivity index (χ1n) is 14.9. The summed E-state index contributed by atoms with van der Waals surface area (Å²) in [7, 11) is -4.44. The number of alkyl halides is 1. The van der Waals surface area contributed by atoms with Gasteiger partial charge in [0.15, 0.2) is 0 Å². The molecule has 0 aliphatic carbocycles. The molecule has 0 aromatic heterocycles. The Hall–Kier alpha value is -0.230. The standard InChI is InChI=1S/C30H54BrO5P/c1-2-3-4-5-6-7-8-9-10-11-12-13-14-15-16-18-23-29(24-30(31)27-36-37(32,33)34)26-35-25-28-21-19-17-20-22-28/h17,19-22,29-30H,2-16,18,23-27H2,1H3,(H2,32,33,34). The molecule has 0 radical (unpaired) electrons. The fourth-order valence-corrected chi connectivity index (χ4v) is 6.01. The Labute approximate surface area is 235 Å². The molecule has 5 nitrogen and oxygen atoms in total. The van der Waals surface area contributed by atoms with Crippen LogP contribution in [0.5, 0.6) is 0 Å². The fraction of sp³-hybridized carbons (Fsp3) is 0.800. The van der Waals surface area contributed by atoms with E-state index in [-0.39, 0.29) is 11.4 Å². The lowest BCUT2D eigenvalue weighted by Gasteiger charge is -2.20. The van der Waals surface area contributed by atoms with Gasteiger partial charge in [0.05, 0.1) is 13.2 Å². The maximum atomic E-state index is 11.0. The second-order valence-corrected chi connectivity index (χ2v) is 13.1. The molecular formula is C30H54BrO5P. The number of ether oxygens (including phenoxy) is 1. The molecule has 0 amide bonds. The van der Waals surface area contributed by atoms with Gasteiger partial charge in [-0.25, -0.2) is 4.57 Å². The smallest absolute Gasteiger partial charge is 0.376 e. The Bertz CT molecular complexity index is 669. The molecule has 1 aromatic carbocycles. The lowest BCUT2D eigenvalue weighted by Crippen LogP contribution is -2.18. The van der Waals surface area contributed by atoms with E-state index in [1.165, 1.54) is 96.3 Å². The van der Waals surface area contributed by atoms with Crippen molar-refractivity contribution in [2.45, 2.75) is 134 Å². The fourth-order valence-electron chi connectivity index (χ4n) is 4.78. The Morgan fingerprint density at radius 3 is 1.73 bits per heavy atom. The first-order chi connectivity index (χ1) is 17.9. The normalized spacial score (nSPS) is 13.6. The maximum Gasteiger partial charge on any atom is 0.469 e. The van der Waals surface area contributed by atoms with Crippen LogP contribution in [0, 0.1) is 5.92 Å². The molecule has 1 aromatic rings. The van der Waals surface area contributed by atoms with E-state index in [1.54, 1.807) is 0 Å². The van der Waals surface area contributed by atoms with E-state index in [4.69, 9.17) is 14.5 Å². The van der Waals surface area contributed by atoms with E-state index in [0.29, 0.717) is 19.1 Å². The van der Waals surface area contributed by atoms with Crippen LogP contribution in [0.4, 0.5) is 0 Å². The Balaban J connectivity index is 2.11. The highest BCUT2D eigenvalue weighted by atomic mass is 79.9. The van der Waals surface area contributed by atoms with Crippen molar-refractivity contribution in [1.29, 1.82) is 0 Å². The van der Waals surface area contributed by atoms with Gasteiger partial charge in [0.1, 0.15) is 0 Å². The number of rotatable bonds is 26. The molecule has 2 atom stereocenters. The number of unbranched alkanes of at least 4 members (excludes halogenated alkanes) is 15. The first kappa shape index (κ1) is 34.8. The van der Waals surface area contributed by atoms with Crippen LogP contribution < -0.4 is 0 Å². The van der Waals surface area contributed by atoms with Gasteiger partial charge in [-0.1, -0.05) is 156 Å². The number of phosphoric ester groups is 1. The Morgan fingerprint density at radius 2 is 1.24 bits per heavy atom. The molecule has 1 rings (SSSR count). The largest absolute Gasteiger partial charge is 0.469 e. The number of phosphoric acid groups is 1. The van der Waals surface area contributed by atoms with Gasteiger partial charge in [-0.3, -0.25) is 4.52 Å². The highest BCUT2D eigenvalue weighted by Gasteiger charge is 2.20. The zero-order valence-corrected chi connectivity index (χ0v) is 25.8. The predicted molar refractivity (Wildman–Crippen MR) is 159 cm³/mol. The van der Waals surface area contributed by atoms with Crippen molar-refractivity contribution in [3.63, 3.8) is 0 Å². The summed E-state index contributed by atoms with van der Waals surface area (Å²) in [5, 5.41) is 0. The van der Waals surface area contributed by atoms with E-state index >= 15 is 0 Å². The monoisotopic (exact) mass is 604 g/mol. The second kappa shape index (κ2) is 23.6. The summed E-state index contributed by atoms with van der Waals surface area (Å²) in [4.78, 5) is 17.8. The van der Waals surface area contributed by atoms with E-state index in [0.717, 1.165) is 24.8 Å². The average Bonchev–Trinajstić information content (AvgIpc) is 2.87. The minimum Gasteiger partial charge on any atom is -0.376 e. The van der Waals surface area contributed by atoms with Crippen LogP contribution in [0.1, 0.15) is 128 Å². The van der Waals surface area contributed by atoms with Crippen molar-refractivity contribution in [1.82, 2.24) is 0 Å². The van der Waals surface area contributed by atoms with Gasteiger partial charge in [0.25, 0.3) is 0 Å². The average molecular weight is 606 g/mol. The third-order valence-electron chi connectivity index (χ3n) is 6.94. The zero-order chi connectivity index (χ0) is 27.0. The van der Waals surface area contributed by atoms with Gasteiger partial charge < -0.3 is 14.5 Å². The highest BCUT2D eigenvalue weighted by Crippen LogP contribution is 2.37. The molecule has 0 bridgehead atoms. The maximum absolute atomic E-state index is 11.0. The summed E-state index contributed by atoms with van der Waals surface area (Å²) in [6.45, 7) is 3.51. The molecular weight excluding hydrogens is 551 g/mol. The molecule has 37 heavy (non-hydrogen) atoms. The summed E-state index contributed by atoms with van der Waals surface area (Å²) >= 11 is 3.53. The SMILES string of the molecule is CCCCCCCCCCCCCCCCCCC(COCc1ccccc1)CC(Br)COP(=O)(O)O. The number of hydrogen-bond acceptors (Lipinski definition) is 3. The summed E-state index contributed by atoms with van der Waals surface area (Å²) < 4.78 is 21.7. The van der Waals surface area contributed by atoms with Gasteiger partial charge in [0.2, 0.25) is 0 Å². The molecule has 2 unspecified atom stereocenters. The first-order valence-corrected chi connectivity index (χ1v) is 17.3. The van der Waals surface area contributed by atoms with E-state index < -0.39 is 7.82 Å². The van der Waals surface area contributed by atoms with E-state index in [9.17, 15) is 4.57 Å². The molecule has 7 heteroatoms. The molecule has 0 aliphatic rings. The van der Waals surface area contributed by atoms with Crippen molar-refractivity contribution in [2.75, 3.05) is 13.2 Å². The van der Waals surface area contributed by atoms with Gasteiger partial charge in [0, 0.05) is 11.4 Å². The van der Waals surface area contributed by atoms with Crippen molar-refractivity contribution in [2.24, 2.45) is 5.92 Å². The summed E-state index contributed by atoms with van der Waals surface area (Å²) in [6, 6.07) is 10.2. The number of hydrogen-bond donors (Lipinski definition) is 2. The highest BCUT2D eigenvalue weighted by molar-refractivity contribution is 9.09. The summed E-state index contributed by atoms with van der Waals surface area (Å²) in [5.41, 5.74) is 1.16. The Kier molecular flexibility index (Phi) is 22.2. The molecule has 2 N–H and O–H groups in total. The third kappa shape index (κ3) is 23.4. The van der Waals surface area contributed by atoms with Crippen LogP contribution in [0.15, 0.2) is 30.3 Å². The second-order valence-electron chi connectivity index (χ2n) is 10.6. The lowest BCUT2D eigenvalue weighted by atomic mass is 9.96. The van der Waals surface area contributed by atoms with Crippen LogP contribution >= 0.6 is 23.8 Å². The molecule has 216 valence electrons. The predicted octanol–water partition coefficient (Wildman–Crippen LogP) is 9.73. The van der Waals surface area contributed by atoms with Gasteiger partial charge in [-0.2, -0.15) is 0 Å². The van der Waals surface area contributed by atoms with Crippen molar-refractivity contribution in [3.05, 3.63) is 35.9 Å². The zero-order valence-electron chi connectivity index (χ0n) is 23.3. The number of benzene rings is 1. The minimum absolute atomic E-state index is 0.00157. The van der Waals surface area contributed by atoms with Crippen molar-refractivity contribution < 1.29 is 23.6 Å². The minimum atomic E-state index is -4.44. The van der Waals surface area contributed by atoms with Crippen LogP contribution in [0.2, 0.25) is 0 Å². The molecule has 0 saturated heterocycles. The molecule has 0 saturated carbocycles. The topological polar surface area (TPSA) is 76.0 Å². The van der Waals surface area contributed by atoms with E-state index in [1.807, 2.05) is 18.2 Å². The quantitative estimate of drug-likeness (QED) is 0.0625. The number of halogens is 1. The molecule has 0 spiro atoms. The summed E-state index contributed by atoms with van der Waals surface area (Å²) in [6.07, 6.45) is 23.6. The third-order valence-corrected chi connectivity index (χ3v) is 8.07. The van der Waals surface area contributed by atoms with Crippen molar-refractivity contribution >= 4 is 23.8 Å². The van der Waals surface area contributed by atoms with Gasteiger partial charge in [-0.15, -0.1) is 0 Å². The Morgan fingerprint density at radius 1 is 0.757 bits per heavy atom. The van der Waals surface area contributed by atoms with Gasteiger partial charge in [-0.05, 0) is 24.3 Å². The van der Waals surface area contributed by atoms with E-state index in [2.05, 4.69) is 39.5 Å². The van der Waals surface area contributed by atoms with Crippen molar-refractivity contribution in [3.8, 4) is 0 Å².